The molecule has 3 rings (SSSR count). The Bertz CT molecular complexity index is 668. The number of amides is 4. The monoisotopic (exact) mass is 394 g/mol. The summed E-state index contributed by atoms with van der Waals surface area (Å²) in [6.07, 6.45) is 3.23. The number of imide groups is 1. The van der Waals surface area contributed by atoms with Crippen LogP contribution in [0.15, 0.2) is 12.2 Å². The summed E-state index contributed by atoms with van der Waals surface area (Å²) >= 11 is 0. The van der Waals surface area contributed by atoms with E-state index in [0.717, 1.165) is 17.1 Å². The van der Waals surface area contributed by atoms with Gasteiger partial charge in [-0.05, 0) is 19.3 Å². The van der Waals surface area contributed by atoms with E-state index in [9.17, 15) is 29.2 Å². The van der Waals surface area contributed by atoms with E-state index in [1.165, 1.54) is 4.90 Å². The highest BCUT2D eigenvalue weighted by Crippen LogP contribution is 2.21. The zero-order valence-electron chi connectivity index (χ0n) is 15.2. The van der Waals surface area contributed by atoms with E-state index in [1.807, 2.05) is 0 Å². The Morgan fingerprint density at radius 3 is 2.68 bits per heavy atom. The first kappa shape index (κ1) is 20.3. The molecule has 0 aliphatic carbocycles. The summed E-state index contributed by atoms with van der Waals surface area (Å²) in [7, 11) is -1.57. The smallest absolute Gasteiger partial charge is 0.448 e. The van der Waals surface area contributed by atoms with E-state index in [1.54, 1.807) is 0 Å². The van der Waals surface area contributed by atoms with Gasteiger partial charge in [-0.3, -0.25) is 19.3 Å². The molecule has 152 valence electrons. The van der Waals surface area contributed by atoms with Crippen molar-refractivity contribution in [3.63, 3.8) is 0 Å². The fraction of sp³-hybridized carbons (Fsp3) is 0.625. The fourth-order valence-electron chi connectivity index (χ4n) is 3.70. The second kappa shape index (κ2) is 8.71. The number of carbonyl (C=O) groups excluding carboxylic acids is 4. The van der Waals surface area contributed by atoms with E-state index in [4.69, 9.17) is 4.74 Å². The van der Waals surface area contributed by atoms with Crippen molar-refractivity contribution < 1.29 is 34.0 Å². The average molecular weight is 394 g/mol. The first-order valence-electron chi connectivity index (χ1n) is 9.23. The summed E-state index contributed by atoms with van der Waals surface area (Å²) in [5.41, 5.74) is 0. The van der Waals surface area contributed by atoms with Gasteiger partial charge in [-0.15, -0.1) is 0 Å². The molecule has 2 saturated heterocycles. The number of nitrogens with zero attached hydrogens (tertiary/aromatic N) is 2. The maximum absolute atomic E-state index is 12.6. The van der Waals surface area contributed by atoms with Crippen LogP contribution in [0.2, 0.25) is 0 Å². The Kier molecular flexibility index (Phi) is 6.32. The summed E-state index contributed by atoms with van der Waals surface area (Å²) < 4.78 is 4.99. The molecule has 4 N–H and O–H groups in total. The molecule has 3 atom stereocenters. The number of hydrogen-bond acceptors (Lipinski definition) is 8. The van der Waals surface area contributed by atoms with Crippen LogP contribution in [-0.2, 0) is 19.1 Å². The molecule has 3 aliphatic rings. The molecule has 0 radical (unpaired) electrons. The highest BCUT2D eigenvalue weighted by Gasteiger charge is 2.41. The molecular weight excluding hydrogens is 371 g/mol. The van der Waals surface area contributed by atoms with Crippen LogP contribution >= 0.6 is 0 Å². The number of nitrogens with one attached hydrogen (secondary N) is 2. The largest absolute Gasteiger partial charge is 0.475 e. The second-order valence-corrected chi connectivity index (χ2v) is 6.99. The van der Waals surface area contributed by atoms with E-state index >= 15 is 0 Å². The third kappa shape index (κ3) is 4.51. The van der Waals surface area contributed by atoms with Gasteiger partial charge in [0, 0.05) is 31.3 Å². The van der Waals surface area contributed by atoms with E-state index < -0.39 is 37.0 Å². The Morgan fingerprint density at radius 2 is 2.00 bits per heavy atom. The fourth-order valence-corrected chi connectivity index (χ4v) is 3.70. The summed E-state index contributed by atoms with van der Waals surface area (Å²) in [4.78, 5) is 49.7. The molecule has 0 aromatic rings. The number of carbonyl (C=O) groups is 4. The first-order valence-corrected chi connectivity index (χ1v) is 9.23. The maximum atomic E-state index is 12.6. The standard InChI is InChI=1S/C16H23BN4O7/c22-13-3-4-14(23)21(13)6-7-28-16(25)19-10-8-11(18-9-10)15(24)20-5-1-2-12(20)17(26)27/h3-4,10-12,18,26-27H,1-2,5-9H2,(H,19,25)/t10-,11+,12+/m1/s1. The molecule has 3 heterocycles. The van der Waals surface area contributed by atoms with Crippen molar-refractivity contribution in [2.24, 2.45) is 0 Å². The van der Waals surface area contributed by atoms with Crippen molar-refractivity contribution in [3.05, 3.63) is 12.2 Å². The van der Waals surface area contributed by atoms with Crippen molar-refractivity contribution in [3.8, 4) is 0 Å². The van der Waals surface area contributed by atoms with E-state index in [0.29, 0.717) is 32.4 Å². The highest BCUT2D eigenvalue weighted by atomic mass is 16.5. The Morgan fingerprint density at radius 1 is 1.29 bits per heavy atom. The predicted molar refractivity (Wildman–Crippen MR) is 95.5 cm³/mol. The molecule has 4 amide bonds. The van der Waals surface area contributed by atoms with Crippen molar-refractivity contribution in [2.75, 3.05) is 26.2 Å². The predicted octanol–water partition coefficient (Wildman–Crippen LogP) is -2.63. The van der Waals surface area contributed by atoms with Crippen LogP contribution in [-0.4, -0.2) is 95.0 Å². The van der Waals surface area contributed by atoms with Crippen molar-refractivity contribution >= 4 is 30.9 Å². The van der Waals surface area contributed by atoms with Crippen LogP contribution in [0.5, 0.6) is 0 Å². The number of likely N-dealkylation sites (tertiary alicyclic amines) is 1. The lowest BCUT2D eigenvalue weighted by molar-refractivity contribution is -0.137. The zero-order chi connectivity index (χ0) is 20.3. The quantitative estimate of drug-likeness (QED) is 0.283. The topological polar surface area (TPSA) is 149 Å². The van der Waals surface area contributed by atoms with Gasteiger partial charge in [0.1, 0.15) is 6.61 Å². The van der Waals surface area contributed by atoms with Crippen LogP contribution in [0.4, 0.5) is 4.79 Å². The molecule has 0 spiro atoms. The van der Waals surface area contributed by atoms with Crippen molar-refractivity contribution in [1.82, 2.24) is 20.4 Å². The summed E-state index contributed by atoms with van der Waals surface area (Å²) in [6, 6.07) is -0.839. The van der Waals surface area contributed by atoms with Crippen LogP contribution in [0.1, 0.15) is 19.3 Å². The molecule has 3 aliphatic heterocycles. The minimum Gasteiger partial charge on any atom is -0.448 e. The molecule has 0 aromatic carbocycles. The highest BCUT2D eigenvalue weighted by molar-refractivity contribution is 6.43. The van der Waals surface area contributed by atoms with E-state index in [-0.39, 0.29) is 25.1 Å². The molecule has 0 aromatic heterocycles. The maximum Gasteiger partial charge on any atom is 0.475 e. The minimum absolute atomic E-state index is 0.0258. The second-order valence-electron chi connectivity index (χ2n) is 6.99. The minimum atomic E-state index is -1.57. The van der Waals surface area contributed by atoms with Gasteiger partial charge >= 0.3 is 13.2 Å². The molecule has 11 nitrogen and oxygen atoms in total. The van der Waals surface area contributed by atoms with Gasteiger partial charge in [0.05, 0.1) is 18.5 Å². The van der Waals surface area contributed by atoms with Gasteiger partial charge in [0.2, 0.25) is 5.91 Å². The number of hydrogen-bond donors (Lipinski definition) is 4. The van der Waals surface area contributed by atoms with Crippen LogP contribution in [0.25, 0.3) is 0 Å². The summed E-state index contributed by atoms with van der Waals surface area (Å²) in [5.74, 6) is -1.70. The third-order valence-corrected chi connectivity index (χ3v) is 5.13. The van der Waals surface area contributed by atoms with Gasteiger partial charge in [-0.1, -0.05) is 0 Å². The molecule has 0 bridgehead atoms. The van der Waals surface area contributed by atoms with Gasteiger partial charge < -0.3 is 30.3 Å². The Labute approximate surface area is 161 Å². The summed E-state index contributed by atoms with van der Waals surface area (Å²) in [5, 5.41) is 24.5. The van der Waals surface area contributed by atoms with Gasteiger partial charge in [-0.2, -0.15) is 0 Å². The van der Waals surface area contributed by atoms with Crippen LogP contribution in [0, 0.1) is 0 Å². The average Bonchev–Trinajstić information content (AvgIpc) is 3.37. The molecular formula is C16H23BN4O7. The van der Waals surface area contributed by atoms with Gasteiger partial charge in [0.15, 0.2) is 0 Å². The van der Waals surface area contributed by atoms with Crippen molar-refractivity contribution in [1.29, 1.82) is 0 Å². The van der Waals surface area contributed by atoms with Gasteiger partial charge in [0.25, 0.3) is 11.8 Å². The number of alkyl carbamates (subject to hydrolysis) is 1. The molecule has 0 unspecified atom stereocenters. The summed E-state index contributed by atoms with van der Waals surface area (Å²) in [6.45, 7) is 0.695. The molecule has 0 saturated carbocycles. The normalized spacial score (nSPS) is 26.9. The first-order chi connectivity index (χ1) is 13.4. The lowest BCUT2D eigenvalue weighted by atomic mass is 9.77. The van der Waals surface area contributed by atoms with Crippen molar-refractivity contribution in [2.45, 2.75) is 37.3 Å². The third-order valence-electron chi connectivity index (χ3n) is 5.13. The molecule has 12 heteroatoms. The van der Waals surface area contributed by atoms with Crippen LogP contribution < -0.4 is 10.6 Å². The number of rotatable bonds is 6. The zero-order valence-corrected chi connectivity index (χ0v) is 15.2. The Hall–Kier alpha value is -2.44. The lowest BCUT2D eigenvalue weighted by Crippen LogP contribution is -2.51. The number of ether oxygens (including phenoxy) is 1. The SMILES string of the molecule is O=C(N[C@H]1CN[C@H](C(=O)N2CCC[C@H]2B(O)O)C1)OCCN1C(=O)C=CC1=O. The molecule has 2 fully saturated rings. The Balaban J connectivity index is 1.39. The van der Waals surface area contributed by atoms with Crippen LogP contribution in [0.3, 0.4) is 0 Å². The van der Waals surface area contributed by atoms with Gasteiger partial charge in [-0.25, -0.2) is 4.79 Å². The van der Waals surface area contributed by atoms with E-state index in [2.05, 4.69) is 10.6 Å². The lowest BCUT2D eigenvalue weighted by Gasteiger charge is -2.26. The molecule has 28 heavy (non-hydrogen) atoms.